The minimum Gasteiger partial charge on any atom is -0.456 e. The molecule has 3 heterocycles. The first kappa shape index (κ1) is 30.3. The van der Waals surface area contributed by atoms with Gasteiger partial charge in [-0.2, -0.15) is 0 Å². The van der Waals surface area contributed by atoms with Crippen molar-refractivity contribution in [2.75, 3.05) is 0 Å². The number of nitrogens with zero attached hydrogens (tertiary/aromatic N) is 4. The van der Waals surface area contributed by atoms with Crippen molar-refractivity contribution in [1.29, 1.82) is 0 Å². The maximum Gasteiger partial charge on any atom is 0.163 e. The first-order valence-corrected chi connectivity index (χ1v) is 18.6. The second-order valence-corrected chi connectivity index (χ2v) is 15.1. The van der Waals surface area contributed by atoms with Gasteiger partial charge in [-0.25, -0.2) is 15.0 Å². The molecular formula is C48H36N4O. The number of fused-ring (bicyclic) bond motifs is 10. The Hall–Kier alpha value is -6.33. The Bertz CT molecular complexity index is 2850. The molecule has 0 saturated carbocycles. The molecule has 5 aromatic carbocycles. The number of furan rings is 1. The summed E-state index contributed by atoms with van der Waals surface area (Å²) in [6.45, 7) is 4.84. The second-order valence-electron chi connectivity index (χ2n) is 15.1. The molecule has 0 saturated heterocycles. The topological polar surface area (TPSA) is 56.7 Å². The van der Waals surface area contributed by atoms with Crippen molar-refractivity contribution in [2.24, 2.45) is 5.92 Å². The summed E-state index contributed by atoms with van der Waals surface area (Å²) >= 11 is 0. The molecule has 11 rings (SSSR count). The van der Waals surface area contributed by atoms with Crippen LogP contribution in [0.4, 0.5) is 0 Å². The molecule has 3 unspecified atom stereocenters. The maximum absolute atomic E-state index is 6.28. The molecule has 8 aromatic rings. The first-order valence-electron chi connectivity index (χ1n) is 18.6. The van der Waals surface area contributed by atoms with E-state index in [0.717, 1.165) is 51.4 Å². The molecule has 5 nitrogen and oxygen atoms in total. The third kappa shape index (κ3) is 4.46. The van der Waals surface area contributed by atoms with Crippen LogP contribution in [0.3, 0.4) is 0 Å². The van der Waals surface area contributed by atoms with Gasteiger partial charge < -0.3 is 8.98 Å². The van der Waals surface area contributed by atoms with Crippen LogP contribution < -0.4 is 0 Å². The van der Waals surface area contributed by atoms with Crippen LogP contribution in [-0.2, 0) is 5.41 Å². The van der Waals surface area contributed by atoms with Crippen molar-refractivity contribution in [1.82, 2.24) is 19.5 Å². The standard InChI is InChI=1S/C48H36N4O/c1-48(2)38-19-9-6-15-32(38)34-27-28-35-33-16-7-10-20-39(33)52(44(35)43(34)48)31-25-23-30(24-26-31)46-49-45(29-13-4-3-5-14-29)50-47(51-46)37-18-12-22-41-42(37)36-17-8-11-21-40(36)53-41/h3-17,19-28,32,37-38H,18H2,1-2H3. The number of allylic oxidation sites excluding steroid dienone is 5. The molecule has 0 fully saturated rings. The normalized spacial score (nSPS) is 19.5. The molecule has 254 valence electrons. The number of hydrogen-bond donors (Lipinski definition) is 0. The fourth-order valence-electron chi connectivity index (χ4n) is 9.44. The van der Waals surface area contributed by atoms with E-state index in [0.29, 0.717) is 23.5 Å². The number of hydrogen-bond acceptors (Lipinski definition) is 4. The lowest BCUT2D eigenvalue weighted by Gasteiger charge is -2.30. The van der Waals surface area contributed by atoms with E-state index in [-0.39, 0.29) is 11.3 Å². The van der Waals surface area contributed by atoms with Crippen molar-refractivity contribution in [3.63, 3.8) is 0 Å². The number of para-hydroxylation sites is 2. The molecule has 0 N–H and O–H groups in total. The quantitative estimate of drug-likeness (QED) is 0.185. The van der Waals surface area contributed by atoms with Gasteiger partial charge in [0, 0.05) is 44.5 Å². The highest BCUT2D eigenvalue weighted by Crippen LogP contribution is 2.56. The van der Waals surface area contributed by atoms with E-state index >= 15 is 0 Å². The zero-order chi connectivity index (χ0) is 35.3. The van der Waals surface area contributed by atoms with E-state index in [9.17, 15) is 0 Å². The van der Waals surface area contributed by atoms with Gasteiger partial charge in [-0.3, -0.25) is 0 Å². The number of aromatic nitrogens is 4. The van der Waals surface area contributed by atoms with Crippen LogP contribution in [0.5, 0.6) is 0 Å². The molecule has 3 atom stereocenters. The lowest BCUT2D eigenvalue weighted by atomic mass is 9.74. The third-order valence-corrected chi connectivity index (χ3v) is 11.9. The summed E-state index contributed by atoms with van der Waals surface area (Å²) in [7, 11) is 0. The summed E-state index contributed by atoms with van der Waals surface area (Å²) in [5.41, 5.74) is 10.4. The molecule has 0 bridgehead atoms. The van der Waals surface area contributed by atoms with Crippen molar-refractivity contribution >= 4 is 38.9 Å². The Kier molecular flexibility index (Phi) is 6.48. The minimum atomic E-state index is -0.0569. The molecule has 0 radical (unpaired) electrons. The van der Waals surface area contributed by atoms with Crippen LogP contribution in [0, 0.1) is 5.92 Å². The Morgan fingerprint density at radius 3 is 2.23 bits per heavy atom. The minimum absolute atomic E-state index is 0.0313. The lowest BCUT2D eigenvalue weighted by molar-refractivity contribution is 0.396. The smallest absolute Gasteiger partial charge is 0.163 e. The van der Waals surface area contributed by atoms with Crippen molar-refractivity contribution < 1.29 is 4.42 Å². The van der Waals surface area contributed by atoms with E-state index < -0.39 is 0 Å². The van der Waals surface area contributed by atoms with E-state index in [1.165, 1.54) is 32.9 Å². The van der Waals surface area contributed by atoms with Gasteiger partial charge in [-0.05, 0) is 71.4 Å². The van der Waals surface area contributed by atoms with Gasteiger partial charge in [-0.15, -0.1) is 0 Å². The summed E-state index contributed by atoms with van der Waals surface area (Å²) in [6.07, 6.45) is 14.3. The lowest BCUT2D eigenvalue weighted by Crippen LogP contribution is -2.25. The number of benzene rings is 5. The summed E-state index contributed by atoms with van der Waals surface area (Å²) in [6, 6.07) is 40.8. The Labute approximate surface area is 307 Å². The van der Waals surface area contributed by atoms with Gasteiger partial charge in [0.25, 0.3) is 0 Å². The Balaban J connectivity index is 1.08. The van der Waals surface area contributed by atoms with E-state index in [2.05, 4.69) is 140 Å². The number of rotatable bonds is 4. The highest BCUT2D eigenvalue weighted by Gasteiger charge is 2.46. The van der Waals surface area contributed by atoms with Crippen LogP contribution in [0.15, 0.2) is 150 Å². The second kappa shape index (κ2) is 11.3. The maximum atomic E-state index is 6.28. The summed E-state index contributed by atoms with van der Waals surface area (Å²) in [4.78, 5) is 15.4. The fraction of sp³-hybridized carbons (Fsp3) is 0.146. The molecule has 0 spiro atoms. The van der Waals surface area contributed by atoms with Crippen LogP contribution in [0.25, 0.3) is 67.3 Å². The Morgan fingerprint density at radius 1 is 0.679 bits per heavy atom. The SMILES string of the molecule is CC1(C)c2c(ccc3c4ccccc4n(-c4ccc(-c5nc(-c6ccccc6)nc(C6CC=Cc7oc8ccccc8c76)n5)cc4)c23)C2C=CC=CC21. The van der Waals surface area contributed by atoms with Crippen molar-refractivity contribution in [3.8, 4) is 28.5 Å². The highest BCUT2D eigenvalue weighted by molar-refractivity contribution is 6.11. The summed E-state index contributed by atoms with van der Waals surface area (Å²) in [5.74, 6) is 3.71. The van der Waals surface area contributed by atoms with Crippen molar-refractivity contribution in [3.05, 3.63) is 174 Å². The fourth-order valence-corrected chi connectivity index (χ4v) is 9.44. The van der Waals surface area contributed by atoms with E-state index in [4.69, 9.17) is 19.4 Å². The predicted molar refractivity (Wildman–Crippen MR) is 214 cm³/mol. The Morgan fingerprint density at radius 2 is 1.40 bits per heavy atom. The van der Waals surface area contributed by atoms with Crippen LogP contribution >= 0.6 is 0 Å². The van der Waals surface area contributed by atoms with Gasteiger partial charge in [0.15, 0.2) is 11.6 Å². The largest absolute Gasteiger partial charge is 0.456 e. The molecule has 3 aromatic heterocycles. The highest BCUT2D eigenvalue weighted by atomic mass is 16.3. The third-order valence-electron chi connectivity index (χ3n) is 11.9. The van der Waals surface area contributed by atoms with Crippen molar-refractivity contribution in [2.45, 2.75) is 37.5 Å². The summed E-state index contributed by atoms with van der Waals surface area (Å²) < 4.78 is 8.76. The van der Waals surface area contributed by atoms with Gasteiger partial charge in [0.05, 0.1) is 17.0 Å². The van der Waals surface area contributed by atoms with Crippen LogP contribution in [-0.4, -0.2) is 19.5 Å². The molecule has 3 aliphatic rings. The summed E-state index contributed by atoms with van der Waals surface area (Å²) in [5, 5.41) is 3.68. The van der Waals surface area contributed by atoms with Gasteiger partial charge >= 0.3 is 0 Å². The zero-order valence-electron chi connectivity index (χ0n) is 29.6. The monoisotopic (exact) mass is 684 g/mol. The molecule has 0 amide bonds. The average Bonchev–Trinajstić information content (AvgIpc) is 3.84. The molecule has 5 heteroatoms. The predicted octanol–water partition coefficient (Wildman–Crippen LogP) is 11.7. The van der Waals surface area contributed by atoms with Gasteiger partial charge in [-0.1, -0.05) is 123 Å². The van der Waals surface area contributed by atoms with Gasteiger partial charge in [0.1, 0.15) is 17.2 Å². The van der Waals surface area contributed by atoms with Crippen LogP contribution in [0.1, 0.15) is 60.4 Å². The van der Waals surface area contributed by atoms with E-state index in [1.807, 2.05) is 30.3 Å². The molecule has 3 aliphatic carbocycles. The zero-order valence-corrected chi connectivity index (χ0v) is 29.6. The van der Waals surface area contributed by atoms with Crippen LogP contribution in [0.2, 0.25) is 0 Å². The average molecular weight is 685 g/mol. The molecular weight excluding hydrogens is 649 g/mol. The molecule has 0 aliphatic heterocycles. The van der Waals surface area contributed by atoms with Gasteiger partial charge in [0.2, 0.25) is 0 Å². The first-order chi connectivity index (χ1) is 26.0. The molecule has 53 heavy (non-hydrogen) atoms. The van der Waals surface area contributed by atoms with E-state index in [1.54, 1.807) is 0 Å².